The number of aliphatic carboxylic acids is 1. The van der Waals surface area contributed by atoms with Crippen molar-refractivity contribution < 1.29 is 29.0 Å². The van der Waals surface area contributed by atoms with Crippen LogP contribution >= 0.6 is 11.3 Å². The number of phenols is 1. The number of methoxy groups -OCH3 is 2. The molecule has 1 aromatic carbocycles. The molecule has 2 heterocycles. The number of nitrogens with zero attached hydrogens (tertiary/aromatic N) is 2. The van der Waals surface area contributed by atoms with E-state index in [-0.39, 0.29) is 28.7 Å². The smallest absolute Gasteiger partial charge is 0.254 e. The van der Waals surface area contributed by atoms with Gasteiger partial charge in [-0.05, 0) is 35.2 Å². The zero-order valence-electron chi connectivity index (χ0n) is 14.5. The van der Waals surface area contributed by atoms with Crippen molar-refractivity contribution in [3.63, 3.8) is 0 Å². The van der Waals surface area contributed by atoms with E-state index in [1.165, 1.54) is 43.8 Å². The van der Waals surface area contributed by atoms with Gasteiger partial charge in [0, 0.05) is 28.9 Å². The number of carbonyl (C=O) groups excluding carboxylic acids is 1. The van der Waals surface area contributed by atoms with Gasteiger partial charge in [0.25, 0.3) is 5.89 Å². The van der Waals surface area contributed by atoms with E-state index in [1.54, 1.807) is 0 Å². The Bertz CT molecular complexity index is 953. The SMILES string of the molecule is COc1cc(/C=C(\CC(=O)[O-])c2nc(-c3ccsc3)no2)cc(OC)c1O. The summed E-state index contributed by atoms with van der Waals surface area (Å²) >= 11 is 1.48. The van der Waals surface area contributed by atoms with Crippen molar-refractivity contribution in [1.29, 1.82) is 0 Å². The van der Waals surface area contributed by atoms with Crippen LogP contribution in [0.4, 0.5) is 0 Å². The third-order valence-corrected chi connectivity index (χ3v) is 4.34. The van der Waals surface area contributed by atoms with E-state index in [1.807, 2.05) is 16.8 Å². The maximum absolute atomic E-state index is 11.2. The second-order valence-corrected chi connectivity index (χ2v) is 6.21. The third kappa shape index (κ3) is 4.09. The first kappa shape index (κ1) is 18.5. The first-order chi connectivity index (χ1) is 13.0. The van der Waals surface area contributed by atoms with Crippen LogP contribution in [-0.2, 0) is 4.79 Å². The summed E-state index contributed by atoms with van der Waals surface area (Å²) in [5, 5.41) is 28.8. The second-order valence-electron chi connectivity index (χ2n) is 5.43. The highest BCUT2D eigenvalue weighted by Gasteiger charge is 2.16. The van der Waals surface area contributed by atoms with Gasteiger partial charge < -0.3 is 29.0 Å². The average Bonchev–Trinajstić information content (AvgIpc) is 3.33. The molecule has 0 bridgehead atoms. The van der Waals surface area contributed by atoms with E-state index >= 15 is 0 Å². The minimum atomic E-state index is -1.30. The van der Waals surface area contributed by atoms with Crippen LogP contribution in [0.3, 0.4) is 0 Å². The molecule has 8 nitrogen and oxygen atoms in total. The molecule has 3 rings (SSSR count). The number of hydrogen-bond acceptors (Lipinski definition) is 9. The fourth-order valence-corrected chi connectivity index (χ4v) is 3.04. The van der Waals surface area contributed by atoms with E-state index in [0.29, 0.717) is 11.4 Å². The summed E-state index contributed by atoms with van der Waals surface area (Å²) in [6.45, 7) is 0. The van der Waals surface area contributed by atoms with Gasteiger partial charge in [0.05, 0.1) is 14.2 Å². The number of thiophene rings is 1. The molecule has 0 unspecified atom stereocenters. The lowest BCUT2D eigenvalue weighted by molar-refractivity contribution is -0.304. The Labute approximate surface area is 158 Å². The molecule has 0 amide bonds. The maximum atomic E-state index is 11.2. The van der Waals surface area contributed by atoms with Crippen molar-refractivity contribution in [2.24, 2.45) is 0 Å². The van der Waals surface area contributed by atoms with E-state index < -0.39 is 12.4 Å². The topological polar surface area (TPSA) is 118 Å². The molecule has 0 saturated heterocycles. The van der Waals surface area contributed by atoms with E-state index in [9.17, 15) is 15.0 Å². The molecule has 0 aliphatic carbocycles. The highest BCUT2D eigenvalue weighted by molar-refractivity contribution is 7.08. The molecule has 140 valence electrons. The summed E-state index contributed by atoms with van der Waals surface area (Å²) in [4.78, 5) is 15.4. The first-order valence-corrected chi connectivity index (χ1v) is 8.68. The number of aromatic hydroxyl groups is 1. The summed E-state index contributed by atoms with van der Waals surface area (Å²) in [7, 11) is 2.80. The Hall–Kier alpha value is -3.33. The van der Waals surface area contributed by atoms with Crippen LogP contribution in [0, 0.1) is 0 Å². The lowest BCUT2D eigenvalue weighted by Gasteiger charge is -2.10. The van der Waals surface area contributed by atoms with Crippen molar-refractivity contribution in [2.45, 2.75) is 6.42 Å². The molecule has 0 radical (unpaired) electrons. The number of carboxylic acids is 1. The molecule has 3 aromatic rings. The monoisotopic (exact) mass is 387 g/mol. The number of aromatic nitrogens is 2. The van der Waals surface area contributed by atoms with Crippen molar-refractivity contribution >= 4 is 29.0 Å². The van der Waals surface area contributed by atoms with Crippen LogP contribution < -0.4 is 14.6 Å². The van der Waals surface area contributed by atoms with Crippen LogP contribution in [0.1, 0.15) is 17.9 Å². The molecule has 2 aromatic heterocycles. The highest BCUT2D eigenvalue weighted by Crippen LogP contribution is 2.38. The average molecular weight is 387 g/mol. The predicted molar refractivity (Wildman–Crippen MR) is 96.3 cm³/mol. The maximum Gasteiger partial charge on any atom is 0.254 e. The molecule has 0 atom stereocenters. The van der Waals surface area contributed by atoms with Gasteiger partial charge in [-0.3, -0.25) is 0 Å². The first-order valence-electron chi connectivity index (χ1n) is 7.74. The number of rotatable bonds is 7. The Morgan fingerprint density at radius 2 is 2.04 bits per heavy atom. The van der Waals surface area contributed by atoms with E-state index in [2.05, 4.69) is 10.1 Å². The second kappa shape index (κ2) is 7.92. The number of benzene rings is 1. The summed E-state index contributed by atoms with van der Waals surface area (Å²) < 4.78 is 15.5. The normalized spacial score (nSPS) is 11.4. The lowest BCUT2D eigenvalue weighted by Crippen LogP contribution is -2.22. The minimum absolute atomic E-state index is 0.0615. The molecule has 9 heteroatoms. The zero-order chi connectivity index (χ0) is 19.4. The van der Waals surface area contributed by atoms with Gasteiger partial charge in [-0.25, -0.2) is 0 Å². The molecule has 0 spiro atoms. The van der Waals surface area contributed by atoms with Crippen molar-refractivity contribution in [2.75, 3.05) is 14.2 Å². The summed E-state index contributed by atoms with van der Waals surface area (Å²) in [6, 6.07) is 4.89. The van der Waals surface area contributed by atoms with Crippen molar-refractivity contribution in [3.05, 3.63) is 40.4 Å². The van der Waals surface area contributed by atoms with Gasteiger partial charge in [-0.1, -0.05) is 5.16 Å². The largest absolute Gasteiger partial charge is 0.550 e. The van der Waals surface area contributed by atoms with Crippen molar-refractivity contribution in [1.82, 2.24) is 10.1 Å². The fraction of sp³-hybridized carbons (Fsp3) is 0.167. The van der Waals surface area contributed by atoms with E-state index in [0.717, 1.165) is 5.56 Å². The van der Waals surface area contributed by atoms with Gasteiger partial charge in [-0.2, -0.15) is 16.3 Å². The van der Waals surface area contributed by atoms with Crippen LogP contribution in [0.25, 0.3) is 23.0 Å². The molecule has 0 fully saturated rings. The predicted octanol–water partition coefficient (Wildman–Crippen LogP) is 2.20. The highest BCUT2D eigenvalue weighted by atomic mass is 32.1. The number of carboxylic acid groups (broad SMARTS) is 1. The quantitative estimate of drug-likeness (QED) is 0.655. The van der Waals surface area contributed by atoms with Crippen LogP contribution in [0.15, 0.2) is 33.5 Å². The van der Waals surface area contributed by atoms with Gasteiger partial charge >= 0.3 is 0 Å². The minimum Gasteiger partial charge on any atom is -0.550 e. The summed E-state index contributed by atoms with van der Waals surface area (Å²) in [5.74, 6) is -0.677. The fourth-order valence-electron chi connectivity index (χ4n) is 2.41. The lowest BCUT2D eigenvalue weighted by atomic mass is 10.1. The van der Waals surface area contributed by atoms with Gasteiger partial charge in [0.2, 0.25) is 11.6 Å². The van der Waals surface area contributed by atoms with Crippen LogP contribution in [-0.4, -0.2) is 35.4 Å². The Morgan fingerprint density at radius 3 is 2.59 bits per heavy atom. The zero-order valence-corrected chi connectivity index (χ0v) is 15.3. The molecule has 0 aliphatic rings. The molecule has 0 aliphatic heterocycles. The third-order valence-electron chi connectivity index (χ3n) is 3.66. The number of hydrogen-bond donors (Lipinski definition) is 1. The molecule has 1 N–H and O–H groups in total. The Kier molecular flexibility index (Phi) is 5.41. The van der Waals surface area contributed by atoms with Crippen LogP contribution in [0.2, 0.25) is 0 Å². The van der Waals surface area contributed by atoms with Crippen LogP contribution in [0.5, 0.6) is 17.2 Å². The standard InChI is InChI=1S/C18H16N2O6S/c1-24-13-6-10(7-14(25-2)16(13)23)5-12(8-15(21)22)18-19-17(20-26-18)11-3-4-27-9-11/h3-7,9,23H,8H2,1-2H3,(H,21,22)/p-1/b12-5+. The van der Waals surface area contributed by atoms with Gasteiger partial charge in [0.15, 0.2) is 11.5 Å². The number of ether oxygens (including phenoxy) is 2. The number of carbonyl (C=O) groups is 1. The molecular weight excluding hydrogens is 372 g/mol. The van der Waals surface area contributed by atoms with Gasteiger partial charge in [0.1, 0.15) is 0 Å². The summed E-state index contributed by atoms with van der Waals surface area (Å²) in [5.41, 5.74) is 1.54. The molecular formula is C18H15N2O6S-. The van der Waals surface area contributed by atoms with Gasteiger partial charge in [-0.15, -0.1) is 0 Å². The molecule has 27 heavy (non-hydrogen) atoms. The molecule has 0 saturated carbocycles. The Morgan fingerprint density at radius 1 is 1.33 bits per heavy atom. The summed E-state index contributed by atoms with van der Waals surface area (Å²) in [6.07, 6.45) is 1.10. The van der Waals surface area contributed by atoms with E-state index in [4.69, 9.17) is 14.0 Å². The Balaban J connectivity index is 2.04. The number of phenolic OH excluding ortho intramolecular Hbond substituents is 1. The van der Waals surface area contributed by atoms with Crippen molar-refractivity contribution in [3.8, 4) is 28.6 Å².